The van der Waals surface area contributed by atoms with E-state index >= 15 is 0 Å². The molecule has 3 atom stereocenters. The second-order valence-electron chi connectivity index (χ2n) is 5.10. The van der Waals surface area contributed by atoms with Crippen LogP contribution in [0.5, 0.6) is 0 Å². The molecule has 0 spiro atoms. The number of rotatable bonds is 2. The molecule has 21 heavy (non-hydrogen) atoms. The van der Waals surface area contributed by atoms with Crippen molar-refractivity contribution in [2.24, 2.45) is 11.7 Å². The first-order valence-electron chi connectivity index (χ1n) is 7.63. The molecule has 0 amide bonds. The zero-order chi connectivity index (χ0) is 15.4. The van der Waals surface area contributed by atoms with Crippen LogP contribution in [0.25, 0.3) is 0 Å². The second kappa shape index (κ2) is 6.53. The molecule has 0 saturated carbocycles. The SMILES string of the molecule is C=C/C=C1/C(C2=C(N)C3C=CC=CC3N2)=CNC1C.CC. The molecule has 3 aliphatic rings. The first-order chi connectivity index (χ1) is 10.2. The summed E-state index contributed by atoms with van der Waals surface area (Å²) in [5, 5.41) is 6.87. The van der Waals surface area contributed by atoms with Gasteiger partial charge in [-0.25, -0.2) is 0 Å². The number of hydrogen-bond donors (Lipinski definition) is 3. The number of allylic oxidation sites excluding steroid dienone is 5. The molecule has 1 aliphatic carbocycles. The van der Waals surface area contributed by atoms with Crippen LogP contribution >= 0.6 is 0 Å². The maximum Gasteiger partial charge on any atom is 0.0634 e. The van der Waals surface area contributed by atoms with E-state index in [-0.39, 0.29) is 12.0 Å². The Morgan fingerprint density at radius 1 is 1.24 bits per heavy atom. The van der Waals surface area contributed by atoms with E-state index in [1.165, 1.54) is 5.57 Å². The van der Waals surface area contributed by atoms with Crippen molar-refractivity contribution in [2.75, 3.05) is 0 Å². The van der Waals surface area contributed by atoms with Crippen LogP contribution in [0.1, 0.15) is 20.8 Å². The number of hydrogen-bond acceptors (Lipinski definition) is 3. The molecule has 0 radical (unpaired) electrons. The summed E-state index contributed by atoms with van der Waals surface area (Å²) in [6.45, 7) is 9.93. The van der Waals surface area contributed by atoms with E-state index in [0.29, 0.717) is 6.04 Å². The van der Waals surface area contributed by atoms with Crippen LogP contribution < -0.4 is 16.4 Å². The Labute approximate surface area is 127 Å². The fourth-order valence-corrected chi connectivity index (χ4v) is 2.88. The summed E-state index contributed by atoms with van der Waals surface area (Å²) in [5.41, 5.74) is 10.7. The van der Waals surface area contributed by atoms with Crippen LogP contribution in [-0.4, -0.2) is 12.1 Å². The van der Waals surface area contributed by atoms with Crippen molar-refractivity contribution in [2.45, 2.75) is 32.9 Å². The van der Waals surface area contributed by atoms with Gasteiger partial charge in [-0.05, 0) is 12.5 Å². The van der Waals surface area contributed by atoms with Gasteiger partial charge in [0.05, 0.1) is 11.7 Å². The number of fused-ring (bicyclic) bond motifs is 1. The van der Waals surface area contributed by atoms with Gasteiger partial charge in [0.25, 0.3) is 0 Å². The maximum atomic E-state index is 6.33. The molecule has 0 fully saturated rings. The molecule has 3 unspecified atom stereocenters. The first kappa shape index (κ1) is 15.2. The molecular formula is C18H25N3. The highest BCUT2D eigenvalue weighted by molar-refractivity contribution is 5.56. The van der Waals surface area contributed by atoms with E-state index in [4.69, 9.17) is 5.73 Å². The van der Waals surface area contributed by atoms with E-state index in [1.54, 1.807) is 0 Å². The van der Waals surface area contributed by atoms with Gasteiger partial charge in [0.15, 0.2) is 0 Å². The minimum atomic E-state index is 0.266. The van der Waals surface area contributed by atoms with E-state index in [1.807, 2.05) is 32.2 Å². The quantitative estimate of drug-likeness (QED) is 0.730. The maximum absolute atomic E-state index is 6.33. The van der Waals surface area contributed by atoms with Crippen LogP contribution in [0, 0.1) is 5.92 Å². The predicted octanol–water partition coefficient (Wildman–Crippen LogP) is 2.88. The van der Waals surface area contributed by atoms with E-state index in [0.717, 1.165) is 17.0 Å². The molecule has 0 aromatic carbocycles. The van der Waals surface area contributed by atoms with Gasteiger partial charge in [-0.1, -0.05) is 56.9 Å². The van der Waals surface area contributed by atoms with Gasteiger partial charge in [0, 0.05) is 29.4 Å². The lowest BCUT2D eigenvalue weighted by atomic mass is 9.94. The Morgan fingerprint density at radius 3 is 2.62 bits per heavy atom. The lowest BCUT2D eigenvalue weighted by Crippen LogP contribution is -2.27. The smallest absolute Gasteiger partial charge is 0.0634 e. The summed E-state index contributed by atoms with van der Waals surface area (Å²) in [7, 11) is 0. The highest BCUT2D eigenvalue weighted by Gasteiger charge is 2.34. The molecule has 2 heterocycles. The van der Waals surface area contributed by atoms with Crippen molar-refractivity contribution in [3.63, 3.8) is 0 Å². The van der Waals surface area contributed by atoms with Gasteiger partial charge in [-0.3, -0.25) is 0 Å². The third kappa shape index (κ3) is 2.68. The molecule has 0 aromatic heterocycles. The number of nitrogens with one attached hydrogen (secondary N) is 2. The standard InChI is InChI=1S/C16H19N3.C2H6/c1-3-6-11-10(2)18-9-13(11)16-15(17)12-7-4-5-8-14(12)19-16;1-2/h3-10,12,14,18-19H,1,17H2,2H3;1-2H3/b11-6+;. The van der Waals surface area contributed by atoms with E-state index < -0.39 is 0 Å². The Morgan fingerprint density at radius 2 is 1.95 bits per heavy atom. The van der Waals surface area contributed by atoms with Gasteiger partial charge in [-0.2, -0.15) is 0 Å². The summed E-state index contributed by atoms with van der Waals surface area (Å²) >= 11 is 0. The minimum Gasteiger partial charge on any atom is -0.400 e. The van der Waals surface area contributed by atoms with Gasteiger partial charge in [0.1, 0.15) is 0 Å². The predicted molar refractivity (Wildman–Crippen MR) is 90.2 cm³/mol. The summed E-state index contributed by atoms with van der Waals surface area (Å²) in [5.74, 6) is 0.266. The molecule has 0 bridgehead atoms. The summed E-state index contributed by atoms with van der Waals surface area (Å²) < 4.78 is 0. The first-order valence-corrected chi connectivity index (χ1v) is 7.63. The molecule has 0 saturated heterocycles. The molecule has 3 heteroatoms. The van der Waals surface area contributed by atoms with Gasteiger partial charge < -0.3 is 16.4 Å². The molecule has 3 nitrogen and oxygen atoms in total. The van der Waals surface area contributed by atoms with E-state index in [9.17, 15) is 0 Å². The van der Waals surface area contributed by atoms with Crippen LogP contribution in [-0.2, 0) is 0 Å². The highest BCUT2D eigenvalue weighted by Crippen LogP contribution is 2.35. The van der Waals surface area contributed by atoms with Crippen LogP contribution in [0.2, 0.25) is 0 Å². The van der Waals surface area contributed by atoms with Gasteiger partial charge >= 0.3 is 0 Å². The zero-order valence-corrected chi connectivity index (χ0v) is 13.1. The largest absolute Gasteiger partial charge is 0.400 e. The van der Waals surface area contributed by atoms with Crippen molar-refractivity contribution in [3.05, 3.63) is 71.8 Å². The van der Waals surface area contributed by atoms with E-state index in [2.05, 4.69) is 48.4 Å². The molecule has 112 valence electrons. The molecule has 2 aliphatic heterocycles. The van der Waals surface area contributed by atoms with Crippen molar-refractivity contribution in [1.29, 1.82) is 0 Å². The minimum absolute atomic E-state index is 0.266. The van der Waals surface area contributed by atoms with Crippen LogP contribution in [0.15, 0.2) is 71.8 Å². The van der Waals surface area contributed by atoms with Gasteiger partial charge in [-0.15, -0.1) is 0 Å². The molecule has 0 aromatic rings. The topological polar surface area (TPSA) is 50.1 Å². The lowest BCUT2D eigenvalue weighted by molar-refractivity contribution is 0.623. The third-order valence-electron chi connectivity index (χ3n) is 3.92. The monoisotopic (exact) mass is 283 g/mol. The third-order valence-corrected chi connectivity index (χ3v) is 3.92. The Balaban J connectivity index is 0.000000774. The summed E-state index contributed by atoms with van der Waals surface area (Å²) in [6, 6.07) is 0.575. The number of nitrogens with two attached hydrogens (primary N) is 1. The second-order valence-corrected chi connectivity index (χ2v) is 5.10. The average Bonchev–Trinajstić information content (AvgIpc) is 3.04. The Hall–Kier alpha value is -2.16. The fraction of sp³-hybridized carbons (Fsp3) is 0.333. The highest BCUT2D eigenvalue weighted by atomic mass is 15.0. The Bertz CT molecular complexity index is 561. The van der Waals surface area contributed by atoms with Crippen LogP contribution in [0.4, 0.5) is 0 Å². The van der Waals surface area contributed by atoms with Crippen molar-refractivity contribution in [3.8, 4) is 0 Å². The van der Waals surface area contributed by atoms with Gasteiger partial charge in [0.2, 0.25) is 0 Å². The molecular weight excluding hydrogens is 258 g/mol. The molecule has 4 N–H and O–H groups in total. The Kier molecular flexibility index (Phi) is 4.73. The fourth-order valence-electron chi connectivity index (χ4n) is 2.88. The summed E-state index contributed by atoms with van der Waals surface area (Å²) in [4.78, 5) is 0. The molecule has 3 rings (SSSR count). The zero-order valence-electron chi connectivity index (χ0n) is 13.1. The normalized spacial score (nSPS) is 31.1. The van der Waals surface area contributed by atoms with Crippen molar-refractivity contribution >= 4 is 0 Å². The average molecular weight is 283 g/mol. The lowest BCUT2D eigenvalue weighted by Gasteiger charge is -2.17. The summed E-state index contributed by atoms with van der Waals surface area (Å²) in [6.07, 6.45) is 14.4. The van der Waals surface area contributed by atoms with Crippen LogP contribution in [0.3, 0.4) is 0 Å². The van der Waals surface area contributed by atoms with Crippen molar-refractivity contribution < 1.29 is 0 Å². The van der Waals surface area contributed by atoms with Crippen molar-refractivity contribution in [1.82, 2.24) is 10.6 Å².